The topological polar surface area (TPSA) is 126 Å². The molecule has 0 fully saturated rings. The highest BCUT2D eigenvalue weighted by atomic mass is 32.2. The molecule has 0 bridgehead atoms. The maximum absolute atomic E-state index is 12.7. The molecule has 0 aliphatic heterocycles. The summed E-state index contributed by atoms with van der Waals surface area (Å²) in [5.74, 6) is 0.198. The fraction of sp³-hybridized carbons (Fsp3) is 0.118. The Kier molecular flexibility index (Phi) is 5.36. The molecule has 0 atom stereocenters. The molecule has 140 valence electrons. The van der Waals surface area contributed by atoms with E-state index in [1.807, 2.05) is 6.92 Å². The van der Waals surface area contributed by atoms with Gasteiger partial charge in [0.05, 0.1) is 22.8 Å². The van der Waals surface area contributed by atoms with Crippen LogP contribution in [0.4, 0.5) is 11.6 Å². The van der Waals surface area contributed by atoms with Crippen LogP contribution in [0.3, 0.4) is 0 Å². The fourth-order valence-corrected chi connectivity index (χ4v) is 3.38. The van der Waals surface area contributed by atoms with Gasteiger partial charge in [0.15, 0.2) is 0 Å². The van der Waals surface area contributed by atoms with E-state index in [0.29, 0.717) is 12.4 Å². The molecule has 0 saturated carbocycles. The smallest absolute Gasteiger partial charge is 0.261 e. The van der Waals surface area contributed by atoms with Gasteiger partial charge in [0.1, 0.15) is 12.1 Å². The average Bonchev–Trinajstić information content (AvgIpc) is 3.15. The summed E-state index contributed by atoms with van der Waals surface area (Å²) in [6.45, 7) is 2.32. The molecule has 2 aromatic carbocycles. The summed E-state index contributed by atoms with van der Waals surface area (Å²) in [6.07, 6.45) is 1.25. The summed E-state index contributed by atoms with van der Waals surface area (Å²) in [6, 6.07) is 12.3. The number of nitrogens with one attached hydrogen (secondary N) is 3. The molecule has 1 aromatic heterocycles. The Bertz CT molecular complexity index is 1020. The number of sulfonamides is 1. The van der Waals surface area contributed by atoms with Crippen LogP contribution in [-0.2, 0) is 10.0 Å². The molecule has 9 nitrogen and oxygen atoms in total. The van der Waals surface area contributed by atoms with Crippen molar-refractivity contribution in [1.29, 1.82) is 0 Å². The molecule has 27 heavy (non-hydrogen) atoms. The zero-order valence-corrected chi connectivity index (χ0v) is 15.2. The van der Waals surface area contributed by atoms with Gasteiger partial charge < -0.3 is 4.74 Å². The van der Waals surface area contributed by atoms with Gasteiger partial charge in [-0.2, -0.15) is 10.1 Å². The van der Waals surface area contributed by atoms with Crippen LogP contribution in [-0.4, -0.2) is 36.1 Å². The predicted octanol–water partition coefficient (Wildman–Crippen LogP) is 2.26. The van der Waals surface area contributed by atoms with Crippen LogP contribution in [0, 0.1) is 0 Å². The summed E-state index contributed by atoms with van der Waals surface area (Å²) >= 11 is 0. The SMILES string of the molecule is CCOc1ccc(S(=O)(=O)Nc2ccccc2C(=O)Nc2ncn[nH]2)cc1. The molecule has 0 radical (unpaired) electrons. The second-order valence-electron chi connectivity index (χ2n) is 5.34. The molecule has 3 N–H and O–H groups in total. The van der Waals surface area contributed by atoms with E-state index in [1.54, 1.807) is 24.3 Å². The number of hydrogen-bond acceptors (Lipinski definition) is 6. The highest BCUT2D eigenvalue weighted by Gasteiger charge is 2.19. The van der Waals surface area contributed by atoms with Crippen LogP contribution in [0.1, 0.15) is 17.3 Å². The van der Waals surface area contributed by atoms with Gasteiger partial charge >= 0.3 is 0 Å². The second-order valence-corrected chi connectivity index (χ2v) is 7.03. The molecule has 3 rings (SSSR count). The quantitative estimate of drug-likeness (QED) is 0.571. The zero-order chi connectivity index (χ0) is 19.3. The molecule has 0 saturated heterocycles. The summed E-state index contributed by atoms with van der Waals surface area (Å²) in [5, 5.41) is 8.65. The molecule has 10 heteroatoms. The van der Waals surface area contributed by atoms with Gasteiger partial charge in [-0.1, -0.05) is 12.1 Å². The number of para-hydroxylation sites is 1. The third kappa shape index (κ3) is 4.42. The van der Waals surface area contributed by atoms with Crippen molar-refractivity contribution in [3.8, 4) is 5.75 Å². The monoisotopic (exact) mass is 387 g/mol. The molecule has 0 aliphatic carbocycles. The standard InChI is InChI=1S/C17H17N5O4S/c1-2-26-12-7-9-13(10-8-12)27(24,25)22-15-6-4-3-5-14(15)16(23)20-17-18-11-19-21-17/h3-11,22H,2H2,1H3,(H2,18,19,20,21,23). The summed E-state index contributed by atoms with van der Waals surface area (Å²) in [7, 11) is -3.88. The van der Waals surface area contributed by atoms with Gasteiger partial charge in [-0.05, 0) is 43.3 Å². The Morgan fingerprint density at radius 2 is 1.89 bits per heavy atom. The molecule has 0 unspecified atom stereocenters. The Hall–Kier alpha value is -3.40. The van der Waals surface area contributed by atoms with Gasteiger partial charge in [0, 0.05) is 0 Å². The zero-order valence-electron chi connectivity index (χ0n) is 14.3. The number of rotatable bonds is 7. The number of H-pyrrole nitrogens is 1. The number of anilines is 2. The van der Waals surface area contributed by atoms with Crippen molar-refractivity contribution in [3.05, 3.63) is 60.4 Å². The first-order valence-corrected chi connectivity index (χ1v) is 9.49. The van der Waals surface area contributed by atoms with E-state index < -0.39 is 15.9 Å². The van der Waals surface area contributed by atoms with Crippen LogP contribution in [0.15, 0.2) is 59.8 Å². The Balaban J connectivity index is 1.83. The lowest BCUT2D eigenvalue weighted by Crippen LogP contribution is -2.19. The minimum absolute atomic E-state index is 0.0522. The maximum atomic E-state index is 12.7. The molecule has 1 heterocycles. The van der Waals surface area contributed by atoms with Crippen molar-refractivity contribution >= 4 is 27.6 Å². The van der Waals surface area contributed by atoms with Crippen LogP contribution >= 0.6 is 0 Å². The van der Waals surface area contributed by atoms with Crippen molar-refractivity contribution in [2.24, 2.45) is 0 Å². The number of nitrogens with zero attached hydrogens (tertiary/aromatic N) is 2. The van der Waals surface area contributed by atoms with Crippen molar-refractivity contribution in [3.63, 3.8) is 0 Å². The Morgan fingerprint density at radius 3 is 2.56 bits per heavy atom. The Labute approximate surface area is 155 Å². The van der Waals surface area contributed by atoms with Crippen LogP contribution < -0.4 is 14.8 Å². The van der Waals surface area contributed by atoms with Crippen LogP contribution in [0.2, 0.25) is 0 Å². The van der Waals surface area contributed by atoms with Crippen LogP contribution in [0.5, 0.6) is 5.75 Å². The molecular weight excluding hydrogens is 370 g/mol. The van der Waals surface area contributed by atoms with E-state index in [1.165, 1.54) is 30.6 Å². The largest absolute Gasteiger partial charge is 0.494 e. The third-order valence-corrected chi connectivity index (χ3v) is 4.89. The van der Waals surface area contributed by atoms with E-state index in [4.69, 9.17) is 4.74 Å². The molecular formula is C17H17N5O4S. The van der Waals surface area contributed by atoms with E-state index in [9.17, 15) is 13.2 Å². The lowest BCUT2D eigenvalue weighted by atomic mass is 10.2. The van der Waals surface area contributed by atoms with Gasteiger partial charge in [-0.3, -0.25) is 14.8 Å². The number of aromatic nitrogens is 3. The minimum atomic E-state index is -3.88. The molecule has 3 aromatic rings. The van der Waals surface area contributed by atoms with Gasteiger partial charge in [-0.15, -0.1) is 0 Å². The molecule has 0 spiro atoms. The number of ether oxygens (including phenoxy) is 1. The van der Waals surface area contributed by atoms with Crippen molar-refractivity contribution in [1.82, 2.24) is 15.2 Å². The highest BCUT2D eigenvalue weighted by molar-refractivity contribution is 7.92. The van der Waals surface area contributed by atoms with Crippen molar-refractivity contribution < 1.29 is 17.9 Å². The summed E-state index contributed by atoms with van der Waals surface area (Å²) in [4.78, 5) is 16.3. The maximum Gasteiger partial charge on any atom is 0.261 e. The lowest BCUT2D eigenvalue weighted by Gasteiger charge is -2.12. The normalized spacial score (nSPS) is 11.0. The molecule has 0 aliphatic rings. The second kappa shape index (κ2) is 7.87. The number of carbonyl (C=O) groups excluding carboxylic acids is 1. The first kappa shape index (κ1) is 18.4. The number of aromatic amines is 1. The number of amides is 1. The predicted molar refractivity (Wildman–Crippen MR) is 99.2 cm³/mol. The first-order valence-electron chi connectivity index (χ1n) is 8.01. The fourth-order valence-electron chi connectivity index (χ4n) is 2.30. The first-order chi connectivity index (χ1) is 13.0. The van der Waals surface area contributed by atoms with Gasteiger partial charge in [0.2, 0.25) is 5.95 Å². The van der Waals surface area contributed by atoms with E-state index >= 15 is 0 Å². The summed E-state index contributed by atoms with van der Waals surface area (Å²) in [5.41, 5.74) is 0.284. The van der Waals surface area contributed by atoms with Crippen molar-refractivity contribution in [2.75, 3.05) is 16.6 Å². The molecule has 1 amide bonds. The Morgan fingerprint density at radius 1 is 1.15 bits per heavy atom. The lowest BCUT2D eigenvalue weighted by molar-refractivity contribution is 0.102. The number of benzene rings is 2. The highest BCUT2D eigenvalue weighted by Crippen LogP contribution is 2.22. The van der Waals surface area contributed by atoms with Gasteiger partial charge in [-0.25, -0.2) is 13.5 Å². The minimum Gasteiger partial charge on any atom is -0.494 e. The van der Waals surface area contributed by atoms with E-state index in [0.717, 1.165) is 0 Å². The number of hydrogen-bond donors (Lipinski definition) is 3. The summed E-state index contributed by atoms with van der Waals surface area (Å²) < 4.78 is 33.1. The van der Waals surface area contributed by atoms with E-state index in [2.05, 4.69) is 25.2 Å². The average molecular weight is 387 g/mol. The van der Waals surface area contributed by atoms with Crippen molar-refractivity contribution in [2.45, 2.75) is 11.8 Å². The van der Waals surface area contributed by atoms with Crippen LogP contribution in [0.25, 0.3) is 0 Å². The van der Waals surface area contributed by atoms with Gasteiger partial charge in [0.25, 0.3) is 15.9 Å². The van der Waals surface area contributed by atoms with E-state index in [-0.39, 0.29) is 22.1 Å². The third-order valence-electron chi connectivity index (χ3n) is 3.51. The number of carbonyl (C=O) groups is 1.